The van der Waals surface area contributed by atoms with Crippen molar-refractivity contribution in [3.8, 4) is 0 Å². The molecular formula is C17H21N3O3S. The molecule has 1 aliphatic carbocycles. The van der Waals surface area contributed by atoms with Crippen molar-refractivity contribution in [3.05, 3.63) is 29.3 Å². The van der Waals surface area contributed by atoms with Gasteiger partial charge < -0.3 is 16.0 Å². The van der Waals surface area contributed by atoms with E-state index in [4.69, 9.17) is 5.73 Å². The summed E-state index contributed by atoms with van der Waals surface area (Å²) in [5.41, 5.74) is 7.21. The fourth-order valence-corrected chi connectivity index (χ4v) is 3.87. The molecule has 2 atom stereocenters. The fraction of sp³-hybridized carbons (Fsp3) is 0.471. The number of carbonyl (C=O) groups is 3. The molecule has 2 fully saturated rings. The number of nitrogens with two attached hydrogens (primary N) is 1. The highest BCUT2D eigenvalue weighted by Gasteiger charge is 2.47. The SMILES string of the molecule is Cc1c(NC(=O)[C@@H]2C[C@@H]2C(N)=O)cccc1C(=O)N1CCSCC1. The molecule has 6 nitrogen and oxygen atoms in total. The standard InChI is InChI=1S/C17H21N3O3S/c1-10-11(17(23)20-5-7-24-8-6-20)3-2-4-14(10)19-16(22)13-9-12(13)15(18)21/h2-4,12-13H,5-9H2,1H3,(H2,18,21)(H,19,22)/t12-,13+/m0/s1. The van der Waals surface area contributed by atoms with Crippen LogP contribution in [0, 0.1) is 18.8 Å². The summed E-state index contributed by atoms with van der Waals surface area (Å²) < 4.78 is 0. The second kappa shape index (κ2) is 6.84. The first-order valence-corrected chi connectivity index (χ1v) is 9.21. The maximum absolute atomic E-state index is 12.7. The van der Waals surface area contributed by atoms with Crippen molar-refractivity contribution in [2.45, 2.75) is 13.3 Å². The van der Waals surface area contributed by atoms with Crippen LogP contribution in [0.3, 0.4) is 0 Å². The predicted octanol–water partition coefficient (Wildman–Crippen LogP) is 1.24. The van der Waals surface area contributed by atoms with Crippen LogP contribution in [0.1, 0.15) is 22.3 Å². The van der Waals surface area contributed by atoms with Gasteiger partial charge in [0.1, 0.15) is 0 Å². The number of carbonyl (C=O) groups excluding carboxylic acids is 3. The Morgan fingerprint density at radius 3 is 2.54 bits per heavy atom. The minimum atomic E-state index is -0.432. The van der Waals surface area contributed by atoms with Crippen LogP contribution >= 0.6 is 11.8 Å². The fourth-order valence-electron chi connectivity index (χ4n) is 2.96. The normalized spacial score (nSPS) is 22.8. The van der Waals surface area contributed by atoms with Gasteiger partial charge in [-0.05, 0) is 31.0 Å². The number of benzene rings is 1. The summed E-state index contributed by atoms with van der Waals surface area (Å²) in [5.74, 6) is 0.570. The molecule has 1 aliphatic heterocycles. The smallest absolute Gasteiger partial charge is 0.254 e. The molecule has 1 aromatic carbocycles. The molecule has 1 saturated heterocycles. The van der Waals surface area contributed by atoms with E-state index >= 15 is 0 Å². The van der Waals surface area contributed by atoms with Crippen molar-refractivity contribution in [3.63, 3.8) is 0 Å². The zero-order chi connectivity index (χ0) is 17.3. The third-order valence-corrected chi connectivity index (χ3v) is 5.56. The number of nitrogens with zero attached hydrogens (tertiary/aromatic N) is 1. The van der Waals surface area contributed by atoms with Crippen molar-refractivity contribution in [2.75, 3.05) is 29.9 Å². The van der Waals surface area contributed by atoms with Gasteiger partial charge in [-0.1, -0.05) is 6.07 Å². The van der Waals surface area contributed by atoms with Gasteiger partial charge in [0.25, 0.3) is 5.91 Å². The van der Waals surface area contributed by atoms with E-state index in [0.29, 0.717) is 17.7 Å². The number of nitrogens with one attached hydrogen (secondary N) is 1. The number of thioether (sulfide) groups is 1. The molecule has 3 amide bonds. The average Bonchev–Trinajstić information content (AvgIpc) is 3.38. The molecule has 0 spiro atoms. The molecule has 3 rings (SSSR count). The first-order chi connectivity index (χ1) is 11.5. The lowest BCUT2D eigenvalue weighted by Crippen LogP contribution is -2.38. The van der Waals surface area contributed by atoms with Crippen molar-refractivity contribution in [1.29, 1.82) is 0 Å². The topological polar surface area (TPSA) is 92.5 Å². The van der Waals surface area contributed by atoms with E-state index in [0.717, 1.165) is 30.2 Å². The van der Waals surface area contributed by atoms with Crippen LogP contribution in [0.5, 0.6) is 0 Å². The molecule has 128 valence electrons. The third-order valence-electron chi connectivity index (χ3n) is 4.61. The highest BCUT2D eigenvalue weighted by molar-refractivity contribution is 7.99. The van der Waals surface area contributed by atoms with E-state index in [-0.39, 0.29) is 23.7 Å². The van der Waals surface area contributed by atoms with E-state index in [1.54, 1.807) is 18.2 Å². The van der Waals surface area contributed by atoms with Crippen LogP contribution in [0.2, 0.25) is 0 Å². The third kappa shape index (κ3) is 3.40. The lowest BCUT2D eigenvalue weighted by Gasteiger charge is -2.27. The van der Waals surface area contributed by atoms with Crippen LogP contribution in [0.4, 0.5) is 5.69 Å². The number of hydrogen-bond donors (Lipinski definition) is 2. The number of primary amides is 1. The lowest BCUT2D eigenvalue weighted by atomic mass is 10.0. The quantitative estimate of drug-likeness (QED) is 0.857. The Kier molecular flexibility index (Phi) is 4.80. The van der Waals surface area contributed by atoms with Gasteiger partial charge in [-0.2, -0.15) is 11.8 Å². The molecule has 0 radical (unpaired) electrons. The summed E-state index contributed by atoms with van der Waals surface area (Å²) in [7, 11) is 0. The van der Waals surface area contributed by atoms with Crippen LogP contribution in [-0.2, 0) is 9.59 Å². The molecule has 0 aromatic heterocycles. The van der Waals surface area contributed by atoms with Crippen LogP contribution < -0.4 is 11.1 Å². The van der Waals surface area contributed by atoms with Gasteiger partial charge in [0.15, 0.2) is 0 Å². The van der Waals surface area contributed by atoms with E-state index in [1.807, 2.05) is 23.6 Å². The van der Waals surface area contributed by atoms with E-state index < -0.39 is 5.91 Å². The minimum Gasteiger partial charge on any atom is -0.369 e. The van der Waals surface area contributed by atoms with E-state index in [9.17, 15) is 14.4 Å². The number of rotatable bonds is 4. The molecule has 0 unspecified atom stereocenters. The Labute approximate surface area is 145 Å². The molecular weight excluding hydrogens is 326 g/mol. The van der Waals surface area contributed by atoms with Crippen molar-refractivity contribution >= 4 is 35.2 Å². The maximum Gasteiger partial charge on any atom is 0.254 e. The van der Waals surface area contributed by atoms with Crippen LogP contribution in [0.25, 0.3) is 0 Å². The predicted molar refractivity (Wildman–Crippen MR) is 93.8 cm³/mol. The molecule has 3 N–H and O–H groups in total. The number of hydrogen-bond acceptors (Lipinski definition) is 4. The van der Waals surface area contributed by atoms with Gasteiger partial charge >= 0.3 is 0 Å². The highest BCUT2D eigenvalue weighted by atomic mass is 32.2. The summed E-state index contributed by atoms with van der Waals surface area (Å²) >= 11 is 1.85. The Hall–Kier alpha value is -2.02. The van der Waals surface area contributed by atoms with Crippen LogP contribution in [0.15, 0.2) is 18.2 Å². The van der Waals surface area contributed by atoms with Gasteiger partial charge in [0.2, 0.25) is 11.8 Å². The molecule has 1 heterocycles. The van der Waals surface area contributed by atoms with Gasteiger partial charge in [-0.25, -0.2) is 0 Å². The molecule has 2 aliphatic rings. The second-order valence-corrected chi connectivity index (χ2v) is 7.45. The monoisotopic (exact) mass is 347 g/mol. The lowest BCUT2D eigenvalue weighted by molar-refractivity contribution is -0.123. The Morgan fingerprint density at radius 1 is 1.21 bits per heavy atom. The summed E-state index contributed by atoms with van der Waals surface area (Å²) in [5, 5.41) is 2.83. The highest BCUT2D eigenvalue weighted by Crippen LogP contribution is 2.39. The maximum atomic E-state index is 12.7. The van der Waals surface area contributed by atoms with Crippen molar-refractivity contribution in [2.24, 2.45) is 17.6 Å². The summed E-state index contributed by atoms with van der Waals surface area (Å²) in [6, 6.07) is 5.34. The zero-order valence-corrected chi connectivity index (χ0v) is 14.4. The van der Waals surface area contributed by atoms with Gasteiger partial charge in [-0.3, -0.25) is 14.4 Å². The molecule has 1 saturated carbocycles. The molecule has 1 aromatic rings. The summed E-state index contributed by atoms with van der Waals surface area (Å²) in [6.07, 6.45) is 0.504. The average molecular weight is 347 g/mol. The molecule has 0 bridgehead atoms. The minimum absolute atomic E-state index is 0.00494. The van der Waals surface area contributed by atoms with Gasteiger partial charge in [0, 0.05) is 35.8 Å². The molecule has 7 heteroatoms. The van der Waals surface area contributed by atoms with Gasteiger partial charge in [0.05, 0.1) is 11.8 Å². The Morgan fingerprint density at radius 2 is 1.92 bits per heavy atom. The van der Waals surface area contributed by atoms with Crippen molar-refractivity contribution < 1.29 is 14.4 Å². The summed E-state index contributed by atoms with van der Waals surface area (Å²) in [6.45, 7) is 3.34. The van der Waals surface area contributed by atoms with Crippen molar-refractivity contribution in [1.82, 2.24) is 4.90 Å². The van der Waals surface area contributed by atoms with E-state index in [1.165, 1.54) is 0 Å². The van der Waals surface area contributed by atoms with Gasteiger partial charge in [-0.15, -0.1) is 0 Å². The van der Waals surface area contributed by atoms with E-state index in [2.05, 4.69) is 5.32 Å². The Bertz CT molecular complexity index is 686. The largest absolute Gasteiger partial charge is 0.369 e. The number of anilines is 1. The zero-order valence-electron chi connectivity index (χ0n) is 13.6. The molecule has 24 heavy (non-hydrogen) atoms. The number of amides is 3. The second-order valence-electron chi connectivity index (χ2n) is 6.22. The first-order valence-electron chi connectivity index (χ1n) is 8.06. The summed E-state index contributed by atoms with van der Waals surface area (Å²) in [4.78, 5) is 37.9. The van der Waals surface area contributed by atoms with Crippen LogP contribution in [-0.4, -0.2) is 47.2 Å². The first kappa shape index (κ1) is 16.8. The Balaban J connectivity index is 1.72.